The van der Waals surface area contributed by atoms with E-state index in [0.29, 0.717) is 11.4 Å². The lowest BCUT2D eigenvalue weighted by Gasteiger charge is -2.15. The van der Waals surface area contributed by atoms with Crippen molar-refractivity contribution in [2.45, 2.75) is 6.18 Å². The number of nitrogens with zero attached hydrogens (tertiary/aromatic N) is 1. The molecule has 0 aliphatic rings. The van der Waals surface area contributed by atoms with Crippen LogP contribution in [-0.4, -0.2) is 12.5 Å². The molecule has 0 bridgehead atoms. The minimum absolute atomic E-state index is 0.0460. The van der Waals surface area contributed by atoms with Gasteiger partial charge in [0.15, 0.2) is 6.61 Å². The predicted octanol–water partition coefficient (Wildman–Crippen LogP) is 3.49. The van der Waals surface area contributed by atoms with E-state index in [9.17, 15) is 18.0 Å². The molecule has 2 aromatic rings. The van der Waals surface area contributed by atoms with Gasteiger partial charge in [0.25, 0.3) is 5.91 Å². The van der Waals surface area contributed by atoms with Crippen LogP contribution in [0.1, 0.15) is 5.56 Å². The summed E-state index contributed by atoms with van der Waals surface area (Å²) in [7, 11) is 0. The third kappa shape index (κ3) is 5.80. The van der Waals surface area contributed by atoms with Gasteiger partial charge >= 0.3 is 6.18 Å². The number of hydrogen-bond donors (Lipinski definition) is 3. The van der Waals surface area contributed by atoms with Gasteiger partial charge in [-0.3, -0.25) is 9.80 Å². The maximum absolute atomic E-state index is 12.8. The maximum Gasteiger partial charge on any atom is 0.417 e. The smallest absolute Gasteiger partial charge is 0.417 e. The molecule has 0 spiro atoms. The number of nitrogens with one attached hydrogen (secondary N) is 1. The van der Waals surface area contributed by atoms with Gasteiger partial charge < -0.3 is 15.8 Å². The molecule has 0 heterocycles. The zero-order valence-electron chi connectivity index (χ0n) is 13.8. The maximum atomic E-state index is 12.8. The molecule has 0 radical (unpaired) electrons. The molecule has 2 aromatic carbocycles. The van der Waals surface area contributed by atoms with Crippen LogP contribution in [0.15, 0.2) is 54.9 Å². The second kappa shape index (κ2) is 8.65. The summed E-state index contributed by atoms with van der Waals surface area (Å²) >= 11 is 5.54. The fourth-order valence-electron chi connectivity index (χ4n) is 2.08. The Labute approximate surface area is 158 Å². The predicted molar refractivity (Wildman–Crippen MR) is 97.0 cm³/mol. The van der Waals surface area contributed by atoms with Gasteiger partial charge in [-0.25, -0.2) is 5.84 Å². The summed E-state index contributed by atoms with van der Waals surface area (Å²) in [5.41, 5.74) is 4.73. The molecule has 5 N–H and O–H groups in total. The topological polar surface area (TPSA) is 93.6 Å². The van der Waals surface area contributed by atoms with E-state index >= 15 is 0 Å². The molecule has 27 heavy (non-hydrogen) atoms. The largest absolute Gasteiger partial charge is 0.484 e. The number of ether oxygens (including phenoxy) is 1. The Hall–Kier alpha value is -2.91. The van der Waals surface area contributed by atoms with Crippen molar-refractivity contribution in [3.05, 3.63) is 65.5 Å². The lowest BCUT2D eigenvalue weighted by Crippen LogP contribution is -2.24. The number of halogens is 4. The number of carbonyl (C=O) groups excluding carboxylic acids is 1. The molecule has 144 valence electrons. The highest BCUT2D eigenvalue weighted by atomic mass is 35.5. The van der Waals surface area contributed by atoms with E-state index in [1.165, 1.54) is 23.5 Å². The summed E-state index contributed by atoms with van der Waals surface area (Å²) in [6, 6.07) is 9.60. The number of hydrogen-bond acceptors (Lipinski definition) is 5. The Morgan fingerprint density at radius 3 is 2.67 bits per heavy atom. The summed E-state index contributed by atoms with van der Waals surface area (Å²) in [6.45, 7) is -0.412. The van der Waals surface area contributed by atoms with E-state index in [4.69, 9.17) is 27.9 Å². The fourth-order valence-corrected chi connectivity index (χ4v) is 2.30. The van der Waals surface area contributed by atoms with E-state index in [2.05, 4.69) is 5.32 Å². The highest BCUT2D eigenvalue weighted by Gasteiger charge is 2.33. The van der Waals surface area contributed by atoms with Gasteiger partial charge in [0.05, 0.1) is 16.3 Å². The molecule has 1 amide bonds. The van der Waals surface area contributed by atoms with Gasteiger partial charge in [-0.05, 0) is 30.3 Å². The minimum atomic E-state index is -4.62. The van der Waals surface area contributed by atoms with Crippen molar-refractivity contribution in [3.8, 4) is 5.75 Å². The highest BCUT2D eigenvalue weighted by molar-refractivity contribution is 6.31. The molecule has 10 heteroatoms. The van der Waals surface area contributed by atoms with E-state index in [1.54, 1.807) is 24.3 Å². The number of alkyl halides is 3. The first-order chi connectivity index (χ1) is 12.7. The number of amides is 1. The number of carbonyl (C=O) groups is 1. The van der Waals surface area contributed by atoms with Crippen molar-refractivity contribution in [2.75, 3.05) is 16.9 Å². The van der Waals surface area contributed by atoms with Crippen LogP contribution in [0, 0.1) is 0 Å². The SMILES string of the molecule is N/C=C\N(N)c1cccc(OCC(=O)Nc2ccc(Cl)c(C(F)(F)F)c2)c1. The quantitative estimate of drug-likeness (QED) is 0.510. The fraction of sp³-hybridized carbons (Fsp3) is 0.118. The lowest BCUT2D eigenvalue weighted by atomic mass is 10.2. The van der Waals surface area contributed by atoms with E-state index in [-0.39, 0.29) is 5.69 Å². The number of anilines is 2. The van der Waals surface area contributed by atoms with Crippen LogP contribution in [0.25, 0.3) is 0 Å². The van der Waals surface area contributed by atoms with Gasteiger partial charge in [0.2, 0.25) is 0 Å². The normalized spacial score (nSPS) is 11.4. The number of benzene rings is 2. The van der Waals surface area contributed by atoms with E-state index in [0.717, 1.165) is 12.1 Å². The van der Waals surface area contributed by atoms with Gasteiger partial charge in [-0.2, -0.15) is 13.2 Å². The zero-order valence-corrected chi connectivity index (χ0v) is 14.6. The molecule has 2 rings (SSSR count). The van der Waals surface area contributed by atoms with Crippen molar-refractivity contribution in [2.24, 2.45) is 11.6 Å². The Kier molecular flexibility index (Phi) is 6.54. The summed E-state index contributed by atoms with van der Waals surface area (Å²) < 4.78 is 43.9. The first-order valence-electron chi connectivity index (χ1n) is 7.52. The third-order valence-electron chi connectivity index (χ3n) is 3.29. The molecule has 0 saturated carbocycles. The van der Waals surface area contributed by atoms with E-state index < -0.39 is 29.3 Å². The summed E-state index contributed by atoms with van der Waals surface area (Å²) in [4.78, 5) is 11.9. The van der Waals surface area contributed by atoms with Gasteiger partial charge in [-0.15, -0.1) is 0 Å². The van der Waals surface area contributed by atoms with E-state index in [1.807, 2.05) is 0 Å². The second-order valence-electron chi connectivity index (χ2n) is 5.28. The molecule has 0 aliphatic carbocycles. The second-order valence-corrected chi connectivity index (χ2v) is 5.68. The monoisotopic (exact) mass is 400 g/mol. The average Bonchev–Trinajstić information content (AvgIpc) is 2.61. The molecule has 0 aromatic heterocycles. The Morgan fingerprint density at radius 1 is 1.26 bits per heavy atom. The molecule has 0 saturated heterocycles. The lowest BCUT2D eigenvalue weighted by molar-refractivity contribution is -0.137. The van der Waals surface area contributed by atoms with Gasteiger partial charge in [-0.1, -0.05) is 17.7 Å². The Balaban J connectivity index is 2.00. The first kappa shape index (κ1) is 20.4. The van der Waals surface area contributed by atoms with Crippen LogP contribution in [0.4, 0.5) is 24.5 Å². The van der Waals surface area contributed by atoms with Gasteiger partial charge in [0.1, 0.15) is 5.75 Å². The highest BCUT2D eigenvalue weighted by Crippen LogP contribution is 2.36. The summed E-state index contributed by atoms with van der Waals surface area (Å²) in [6.07, 6.45) is -1.95. The molecule has 0 fully saturated rings. The van der Waals surface area contributed by atoms with Crippen LogP contribution >= 0.6 is 11.6 Å². The van der Waals surface area contributed by atoms with Crippen molar-refractivity contribution >= 4 is 28.9 Å². The molecule has 0 atom stereocenters. The molecule has 0 unspecified atom stereocenters. The number of rotatable bonds is 6. The van der Waals surface area contributed by atoms with Crippen molar-refractivity contribution in [3.63, 3.8) is 0 Å². The third-order valence-corrected chi connectivity index (χ3v) is 3.62. The molecule has 0 aliphatic heterocycles. The number of nitrogens with two attached hydrogens (primary N) is 2. The summed E-state index contributed by atoms with van der Waals surface area (Å²) in [5.74, 6) is 5.43. The first-order valence-corrected chi connectivity index (χ1v) is 7.90. The van der Waals surface area contributed by atoms with Crippen LogP contribution in [0.5, 0.6) is 5.75 Å². The molecule has 6 nitrogen and oxygen atoms in total. The zero-order chi connectivity index (χ0) is 20.0. The van der Waals surface area contributed by atoms with Crippen molar-refractivity contribution in [1.82, 2.24) is 0 Å². The Morgan fingerprint density at radius 2 is 2.00 bits per heavy atom. The Bertz CT molecular complexity index is 843. The molecular weight excluding hydrogens is 385 g/mol. The van der Waals surface area contributed by atoms with Crippen LogP contribution in [0.2, 0.25) is 5.02 Å². The van der Waals surface area contributed by atoms with Crippen LogP contribution in [0.3, 0.4) is 0 Å². The van der Waals surface area contributed by atoms with Crippen molar-refractivity contribution < 1.29 is 22.7 Å². The minimum Gasteiger partial charge on any atom is -0.484 e. The average molecular weight is 401 g/mol. The van der Waals surface area contributed by atoms with Gasteiger partial charge in [0, 0.05) is 24.2 Å². The number of hydrazine groups is 1. The summed E-state index contributed by atoms with van der Waals surface area (Å²) in [5, 5.41) is 3.12. The van der Waals surface area contributed by atoms with Crippen molar-refractivity contribution in [1.29, 1.82) is 0 Å². The van der Waals surface area contributed by atoms with Crippen LogP contribution < -0.4 is 26.6 Å². The van der Waals surface area contributed by atoms with Crippen LogP contribution in [-0.2, 0) is 11.0 Å². The molecular formula is C17H16ClF3N4O2. The standard InChI is InChI=1S/C17H16ClF3N4O2/c18-15-5-4-11(8-14(15)17(19,20)21)24-16(26)10-27-13-3-1-2-12(9-13)25(23)7-6-22/h1-9H,10,22-23H2,(H,24,26)/b7-6-.